The number of rotatable bonds is 1. The van der Waals surface area contributed by atoms with Gasteiger partial charge in [0.1, 0.15) is 0 Å². The summed E-state index contributed by atoms with van der Waals surface area (Å²) in [5.41, 5.74) is 12.5. The molecule has 3 rings (SSSR count). The second kappa shape index (κ2) is 3.56. The first-order chi connectivity index (χ1) is 7.81. The highest BCUT2D eigenvalue weighted by Gasteiger charge is 2.21. The molecule has 1 aliphatic carbocycles. The molecule has 0 saturated heterocycles. The maximum Gasteiger partial charge on any atom is 0.0455 e. The summed E-state index contributed by atoms with van der Waals surface area (Å²) in [5.74, 6) is 0. The molecule has 0 radical (unpaired) electrons. The van der Waals surface area contributed by atoms with Crippen LogP contribution in [0.2, 0.25) is 0 Å². The molecule has 16 heavy (non-hydrogen) atoms. The van der Waals surface area contributed by atoms with E-state index >= 15 is 0 Å². The molecule has 0 saturated carbocycles. The second-order valence-corrected chi connectivity index (χ2v) is 4.86. The maximum absolute atomic E-state index is 6.02. The van der Waals surface area contributed by atoms with Gasteiger partial charge in [0.2, 0.25) is 0 Å². The van der Waals surface area contributed by atoms with Crippen LogP contribution in [-0.4, -0.2) is 6.26 Å². The monoisotopic (exact) mass is 227 g/mol. The molecule has 0 heterocycles. The van der Waals surface area contributed by atoms with Crippen LogP contribution in [0.15, 0.2) is 41.3 Å². The number of nitrogens with two attached hydrogens (primary N) is 1. The van der Waals surface area contributed by atoms with E-state index in [-0.39, 0.29) is 0 Å². The molecule has 0 atom stereocenters. The van der Waals surface area contributed by atoms with Gasteiger partial charge in [-0.3, -0.25) is 0 Å². The summed E-state index contributed by atoms with van der Waals surface area (Å²) >= 11 is 1.75. The van der Waals surface area contributed by atoms with Gasteiger partial charge in [-0.15, -0.1) is 11.8 Å². The molecule has 2 heteroatoms. The Balaban J connectivity index is 2.28. The summed E-state index contributed by atoms with van der Waals surface area (Å²) in [6.45, 7) is 0. The molecule has 2 N–H and O–H groups in total. The lowest BCUT2D eigenvalue weighted by molar-refractivity contribution is 1.19. The Morgan fingerprint density at radius 1 is 1.06 bits per heavy atom. The van der Waals surface area contributed by atoms with E-state index in [0.717, 1.165) is 12.1 Å². The molecule has 0 aromatic heterocycles. The normalized spacial score (nSPS) is 12.3. The molecular weight excluding hydrogens is 214 g/mol. The van der Waals surface area contributed by atoms with Crippen LogP contribution in [0.1, 0.15) is 11.1 Å². The fourth-order valence-electron chi connectivity index (χ4n) is 2.44. The predicted octanol–water partition coefficient (Wildman–Crippen LogP) is 3.56. The van der Waals surface area contributed by atoms with E-state index in [1.807, 2.05) is 6.07 Å². The smallest absolute Gasteiger partial charge is 0.0455 e. The summed E-state index contributed by atoms with van der Waals surface area (Å²) in [6.07, 6.45) is 3.11. The summed E-state index contributed by atoms with van der Waals surface area (Å²) in [6, 6.07) is 12.8. The number of nitrogen functional groups attached to an aromatic ring is 1. The molecule has 0 bridgehead atoms. The predicted molar refractivity (Wildman–Crippen MR) is 70.9 cm³/mol. The van der Waals surface area contributed by atoms with Gasteiger partial charge in [0, 0.05) is 10.6 Å². The fraction of sp³-hybridized carbons (Fsp3) is 0.143. The molecule has 80 valence electrons. The van der Waals surface area contributed by atoms with E-state index in [1.165, 1.54) is 27.1 Å². The lowest BCUT2D eigenvalue weighted by Gasteiger charge is -2.08. The molecule has 0 unspecified atom stereocenters. The van der Waals surface area contributed by atoms with Crippen molar-refractivity contribution in [3.8, 4) is 11.1 Å². The van der Waals surface area contributed by atoms with Gasteiger partial charge in [-0.1, -0.05) is 30.3 Å². The Kier molecular flexibility index (Phi) is 2.18. The molecule has 0 spiro atoms. The van der Waals surface area contributed by atoms with E-state index in [2.05, 4.69) is 36.6 Å². The zero-order chi connectivity index (χ0) is 11.1. The Morgan fingerprint density at radius 2 is 1.88 bits per heavy atom. The second-order valence-electron chi connectivity index (χ2n) is 4.05. The van der Waals surface area contributed by atoms with Gasteiger partial charge in [-0.2, -0.15) is 0 Å². The first-order valence-electron chi connectivity index (χ1n) is 5.35. The Bertz CT molecular complexity index is 561. The van der Waals surface area contributed by atoms with Crippen molar-refractivity contribution >= 4 is 17.4 Å². The van der Waals surface area contributed by atoms with Crippen molar-refractivity contribution in [2.75, 3.05) is 12.0 Å². The quantitative estimate of drug-likeness (QED) is 0.508. The van der Waals surface area contributed by atoms with Crippen LogP contribution in [0.3, 0.4) is 0 Å². The van der Waals surface area contributed by atoms with Crippen molar-refractivity contribution in [2.24, 2.45) is 0 Å². The Labute approximate surface area is 99.7 Å². The van der Waals surface area contributed by atoms with Gasteiger partial charge in [0.15, 0.2) is 0 Å². The third kappa shape index (κ3) is 1.26. The van der Waals surface area contributed by atoms with E-state index in [9.17, 15) is 0 Å². The largest absolute Gasteiger partial charge is 0.398 e. The van der Waals surface area contributed by atoms with Gasteiger partial charge in [0.05, 0.1) is 0 Å². The molecule has 0 fully saturated rings. The average molecular weight is 227 g/mol. The minimum Gasteiger partial charge on any atom is -0.398 e. The van der Waals surface area contributed by atoms with E-state index in [1.54, 1.807) is 11.8 Å². The van der Waals surface area contributed by atoms with Crippen molar-refractivity contribution < 1.29 is 0 Å². The molecule has 0 amide bonds. The van der Waals surface area contributed by atoms with E-state index in [4.69, 9.17) is 5.73 Å². The molecule has 2 aromatic rings. The minimum absolute atomic E-state index is 0.902. The standard InChI is InChI=1S/C14H13NS/c1-16-14-12-8-9-4-2-3-5-10(9)11(12)6-7-13(14)15/h2-7H,8,15H2,1H3. The highest BCUT2D eigenvalue weighted by Crippen LogP contribution is 2.42. The lowest BCUT2D eigenvalue weighted by atomic mass is 10.1. The van der Waals surface area contributed by atoms with Crippen molar-refractivity contribution in [1.82, 2.24) is 0 Å². The maximum atomic E-state index is 6.02. The molecule has 2 aromatic carbocycles. The zero-order valence-electron chi connectivity index (χ0n) is 9.16. The van der Waals surface area contributed by atoms with Crippen LogP contribution < -0.4 is 5.73 Å². The lowest BCUT2D eigenvalue weighted by Crippen LogP contribution is -1.93. The third-order valence-electron chi connectivity index (χ3n) is 3.17. The SMILES string of the molecule is CSc1c(N)ccc2c1Cc1ccccc1-2. The first kappa shape index (κ1) is 9.79. The summed E-state index contributed by atoms with van der Waals surface area (Å²) < 4.78 is 0. The number of benzene rings is 2. The number of hydrogen-bond donors (Lipinski definition) is 1. The fourth-order valence-corrected chi connectivity index (χ4v) is 3.17. The summed E-state index contributed by atoms with van der Waals surface area (Å²) in [4.78, 5) is 1.24. The number of thioether (sulfide) groups is 1. The minimum atomic E-state index is 0.902. The van der Waals surface area contributed by atoms with Crippen molar-refractivity contribution in [3.05, 3.63) is 47.5 Å². The van der Waals surface area contributed by atoms with Crippen LogP contribution in [0, 0.1) is 0 Å². The highest BCUT2D eigenvalue weighted by molar-refractivity contribution is 7.98. The molecule has 0 aliphatic heterocycles. The first-order valence-corrected chi connectivity index (χ1v) is 6.57. The highest BCUT2D eigenvalue weighted by atomic mass is 32.2. The van der Waals surface area contributed by atoms with Gasteiger partial charge in [-0.05, 0) is 41.0 Å². The number of hydrogen-bond acceptors (Lipinski definition) is 2. The van der Waals surface area contributed by atoms with Crippen molar-refractivity contribution in [3.63, 3.8) is 0 Å². The number of fused-ring (bicyclic) bond motifs is 3. The average Bonchev–Trinajstić information content (AvgIpc) is 2.67. The van der Waals surface area contributed by atoms with Crippen LogP contribution in [0.5, 0.6) is 0 Å². The molecule has 1 nitrogen and oxygen atoms in total. The number of anilines is 1. The Hall–Kier alpha value is -1.41. The van der Waals surface area contributed by atoms with Crippen molar-refractivity contribution in [2.45, 2.75) is 11.3 Å². The van der Waals surface area contributed by atoms with Crippen LogP contribution >= 0.6 is 11.8 Å². The summed E-state index contributed by atoms with van der Waals surface area (Å²) in [5, 5.41) is 0. The third-order valence-corrected chi connectivity index (χ3v) is 4.06. The summed E-state index contributed by atoms with van der Waals surface area (Å²) in [7, 11) is 0. The zero-order valence-corrected chi connectivity index (χ0v) is 9.97. The van der Waals surface area contributed by atoms with Gasteiger partial charge < -0.3 is 5.73 Å². The van der Waals surface area contributed by atoms with E-state index < -0.39 is 0 Å². The van der Waals surface area contributed by atoms with Crippen molar-refractivity contribution in [1.29, 1.82) is 0 Å². The molecule has 1 aliphatic rings. The van der Waals surface area contributed by atoms with Crippen LogP contribution in [-0.2, 0) is 6.42 Å². The van der Waals surface area contributed by atoms with Gasteiger partial charge >= 0.3 is 0 Å². The van der Waals surface area contributed by atoms with E-state index in [0.29, 0.717) is 0 Å². The molecular formula is C14H13NS. The van der Waals surface area contributed by atoms with Crippen LogP contribution in [0.25, 0.3) is 11.1 Å². The van der Waals surface area contributed by atoms with Gasteiger partial charge in [0.25, 0.3) is 0 Å². The van der Waals surface area contributed by atoms with Gasteiger partial charge in [-0.25, -0.2) is 0 Å². The Morgan fingerprint density at radius 3 is 2.69 bits per heavy atom. The van der Waals surface area contributed by atoms with Crippen LogP contribution in [0.4, 0.5) is 5.69 Å². The topological polar surface area (TPSA) is 26.0 Å².